The Labute approximate surface area is 172 Å². The van der Waals surface area contributed by atoms with Crippen LogP contribution >= 0.6 is 15.9 Å². The van der Waals surface area contributed by atoms with E-state index in [9.17, 15) is 15.0 Å². The fourth-order valence-corrected chi connectivity index (χ4v) is 4.63. The van der Waals surface area contributed by atoms with E-state index in [1.807, 2.05) is 18.2 Å². The molecule has 5 atom stereocenters. The Hall–Kier alpha value is -0.650. The number of carbonyl (C=O) groups is 1. The minimum absolute atomic E-state index is 0.0228. The third-order valence-corrected chi connectivity index (χ3v) is 6.75. The van der Waals surface area contributed by atoms with Gasteiger partial charge in [0.1, 0.15) is 0 Å². The highest BCUT2D eigenvalue weighted by molar-refractivity contribution is 9.09. The first kappa shape index (κ1) is 24.4. The zero-order valence-corrected chi connectivity index (χ0v) is 18.6. The largest absolute Gasteiger partial charge is 0.481 e. The number of hydrogen-bond acceptors (Lipinski definition) is 3. The average molecular weight is 445 g/mol. The molecule has 1 fully saturated rings. The number of aliphatic hydroxyl groups is 2. The maximum atomic E-state index is 10.6. The Kier molecular flexibility index (Phi) is 10.9. The van der Waals surface area contributed by atoms with E-state index in [0.29, 0.717) is 12.8 Å². The second-order valence-corrected chi connectivity index (χ2v) is 9.65. The predicted molar refractivity (Wildman–Crippen MR) is 114 cm³/mol. The zero-order chi connectivity index (χ0) is 20.4. The molecule has 0 saturated heterocycles. The van der Waals surface area contributed by atoms with Gasteiger partial charge in [-0.1, -0.05) is 73.8 Å². The molecule has 0 aromatic carbocycles. The molecule has 0 aromatic heterocycles. The van der Waals surface area contributed by atoms with Gasteiger partial charge in [0, 0.05) is 17.2 Å². The van der Waals surface area contributed by atoms with Gasteiger partial charge in [-0.3, -0.25) is 4.79 Å². The molecule has 0 radical (unpaired) electrons. The van der Waals surface area contributed by atoms with Gasteiger partial charge in [-0.25, -0.2) is 0 Å². The molecule has 1 saturated carbocycles. The lowest BCUT2D eigenvalue weighted by atomic mass is 9.80. The molecule has 0 aromatic rings. The second-order valence-electron chi connectivity index (χ2n) is 8.48. The van der Waals surface area contributed by atoms with Gasteiger partial charge in [0.15, 0.2) is 0 Å². The Morgan fingerprint density at radius 2 is 2.00 bits per heavy atom. The highest BCUT2D eigenvalue weighted by Crippen LogP contribution is 2.41. The third-order valence-electron chi connectivity index (χ3n) is 5.70. The summed E-state index contributed by atoms with van der Waals surface area (Å²) in [5.41, 5.74) is -0.163. The molecule has 156 valence electrons. The van der Waals surface area contributed by atoms with Gasteiger partial charge in [-0.15, -0.1) is 0 Å². The van der Waals surface area contributed by atoms with E-state index < -0.39 is 18.2 Å². The van der Waals surface area contributed by atoms with Gasteiger partial charge >= 0.3 is 5.97 Å². The van der Waals surface area contributed by atoms with Crippen molar-refractivity contribution in [3.63, 3.8) is 0 Å². The summed E-state index contributed by atoms with van der Waals surface area (Å²) in [5.74, 6) is -0.457. The van der Waals surface area contributed by atoms with Crippen LogP contribution in [0.15, 0.2) is 24.3 Å². The van der Waals surface area contributed by atoms with E-state index >= 15 is 0 Å². The zero-order valence-electron chi connectivity index (χ0n) is 17.0. The summed E-state index contributed by atoms with van der Waals surface area (Å²) < 4.78 is 0. The first-order valence-electron chi connectivity index (χ1n) is 10.2. The summed E-state index contributed by atoms with van der Waals surface area (Å²) in [5, 5.41) is 29.7. The first-order chi connectivity index (χ1) is 12.7. The van der Waals surface area contributed by atoms with Crippen molar-refractivity contribution in [3.8, 4) is 0 Å². The summed E-state index contributed by atoms with van der Waals surface area (Å²) >= 11 is 3.70. The quantitative estimate of drug-likeness (QED) is 0.222. The van der Waals surface area contributed by atoms with Crippen molar-refractivity contribution in [1.82, 2.24) is 0 Å². The van der Waals surface area contributed by atoms with Crippen molar-refractivity contribution in [2.45, 2.75) is 89.2 Å². The van der Waals surface area contributed by atoms with Crippen molar-refractivity contribution in [3.05, 3.63) is 24.3 Å². The number of carboxylic acids is 1. The van der Waals surface area contributed by atoms with Crippen LogP contribution in [0.2, 0.25) is 0 Å². The number of rotatable bonds is 12. The number of carboxylic acid groups (broad SMARTS) is 1. The molecule has 0 unspecified atom stereocenters. The summed E-state index contributed by atoms with van der Waals surface area (Å²) in [4.78, 5) is 10.8. The minimum atomic E-state index is -0.756. The van der Waals surface area contributed by atoms with E-state index in [-0.39, 0.29) is 28.5 Å². The molecule has 3 N–H and O–H groups in total. The molecule has 0 spiro atoms. The van der Waals surface area contributed by atoms with Crippen LogP contribution in [0, 0.1) is 17.3 Å². The Balaban J connectivity index is 2.62. The topological polar surface area (TPSA) is 77.8 Å². The van der Waals surface area contributed by atoms with Gasteiger partial charge in [0.25, 0.3) is 0 Å². The van der Waals surface area contributed by atoms with Crippen LogP contribution in [0.3, 0.4) is 0 Å². The van der Waals surface area contributed by atoms with E-state index in [0.717, 1.165) is 32.1 Å². The molecule has 4 nitrogen and oxygen atoms in total. The highest BCUT2D eigenvalue weighted by atomic mass is 79.9. The lowest BCUT2D eigenvalue weighted by Crippen LogP contribution is -2.28. The average Bonchev–Trinajstić information content (AvgIpc) is 2.86. The summed E-state index contributed by atoms with van der Waals surface area (Å²) in [7, 11) is 0. The van der Waals surface area contributed by atoms with Crippen LogP contribution in [0.4, 0.5) is 0 Å². The lowest BCUT2D eigenvalue weighted by molar-refractivity contribution is -0.137. The molecule has 1 aliphatic rings. The van der Waals surface area contributed by atoms with E-state index in [2.05, 4.69) is 42.8 Å². The van der Waals surface area contributed by atoms with Crippen LogP contribution in [0.5, 0.6) is 0 Å². The number of allylic oxidation sites excluding steroid dienone is 2. The van der Waals surface area contributed by atoms with Crippen LogP contribution in [0.25, 0.3) is 0 Å². The number of halogens is 1. The van der Waals surface area contributed by atoms with Gasteiger partial charge in [-0.05, 0) is 43.4 Å². The third kappa shape index (κ3) is 8.49. The maximum Gasteiger partial charge on any atom is 0.303 e. The van der Waals surface area contributed by atoms with Gasteiger partial charge in [0.2, 0.25) is 0 Å². The minimum Gasteiger partial charge on any atom is -0.481 e. The van der Waals surface area contributed by atoms with Crippen molar-refractivity contribution in [1.29, 1.82) is 0 Å². The first-order valence-corrected chi connectivity index (χ1v) is 11.2. The highest BCUT2D eigenvalue weighted by Gasteiger charge is 2.39. The number of unbranched alkanes of at least 4 members (excludes halogenated alkanes) is 2. The van der Waals surface area contributed by atoms with Crippen molar-refractivity contribution < 1.29 is 20.1 Å². The summed E-state index contributed by atoms with van der Waals surface area (Å²) in [6.45, 7) is 6.34. The van der Waals surface area contributed by atoms with Gasteiger partial charge < -0.3 is 15.3 Å². The van der Waals surface area contributed by atoms with Gasteiger partial charge in [0.05, 0.1) is 12.2 Å². The number of hydrogen-bond donors (Lipinski definition) is 3. The Bertz CT molecular complexity index is 501. The maximum absolute atomic E-state index is 10.6. The molecule has 0 heterocycles. The van der Waals surface area contributed by atoms with Crippen LogP contribution < -0.4 is 0 Å². The number of aliphatic hydroxyl groups excluding tert-OH is 2. The normalized spacial score (nSPS) is 27.6. The fraction of sp³-hybridized carbons (Fsp3) is 0.773. The monoisotopic (exact) mass is 444 g/mol. The fourth-order valence-electron chi connectivity index (χ4n) is 3.68. The summed E-state index contributed by atoms with van der Waals surface area (Å²) in [6, 6.07) is 0. The Morgan fingerprint density at radius 1 is 1.30 bits per heavy atom. The second kappa shape index (κ2) is 12.0. The molecule has 5 heteroatoms. The van der Waals surface area contributed by atoms with Crippen LogP contribution in [-0.2, 0) is 4.79 Å². The van der Waals surface area contributed by atoms with E-state index in [1.54, 1.807) is 0 Å². The molecular formula is C22H37BrO4. The molecule has 27 heavy (non-hydrogen) atoms. The molecule has 0 bridgehead atoms. The number of alkyl halides is 1. The SMILES string of the molecule is CCCCC(C)(C)[C@H](O)C=C[C@@H]1[C@@H](CC=CCCCC(=O)O)[C@@H](Br)C[C@H]1O. The Morgan fingerprint density at radius 3 is 2.63 bits per heavy atom. The molecule has 1 aliphatic carbocycles. The summed E-state index contributed by atoms with van der Waals surface area (Å²) in [6.07, 6.45) is 13.5. The van der Waals surface area contributed by atoms with Crippen molar-refractivity contribution in [2.75, 3.05) is 0 Å². The molecule has 1 rings (SSSR count). The molecular weight excluding hydrogens is 408 g/mol. The molecule has 0 amide bonds. The molecule has 0 aliphatic heterocycles. The smallest absolute Gasteiger partial charge is 0.303 e. The van der Waals surface area contributed by atoms with Crippen LogP contribution in [0.1, 0.15) is 72.1 Å². The van der Waals surface area contributed by atoms with Gasteiger partial charge in [-0.2, -0.15) is 0 Å². The van der Waals surface area contributed by atoms with E-state index in [1.165, 1.54) is 0 Å². The standard InChI is InChI=1S/C22H37BrO4/c1-4-5-14-22(2,3)20(25)13-12-17-16(18(23)15-19(17)24)10-8-6-7-9-11-21(26)27/h6,8,12-13,16-20,24-25H,4-5,7,9-11,14-15H2,1-3H3,(H,26,27)/t16-,17-,18+,19-,20-/m1/s1. The predicted octanol–water partition coefficient (Wildman–Crippen LogP) is 5.08. The number of aliphatic carboxylic acids is 1. The van der Waals surface area contributed by atoms with Crippen LogP contribution in [-0.4, -0.2) is 38.3 Å². The lowest BCUT2D eigenvalue weighted by Gasteiger charge is -2.29. The van der Waals surface area contributed by atoms with Crippen molar-refractivity contribution >= 4 is 21.9 Å². The van der Waals surface area contributed by atoms with Crippen molar-refractivity contribution in [2.24, 2.45) is 17.3 Å². The van der Waals surface area contributed by atoms with E-state index in [4.69, 9.17) is 5.11 Å².